The molecule has 4 N–H and O–H groups in total. The Hall–Kier alpha value is -2.05. The van der Waals surface area contributed by atoms with Crippen molar-refractivity contribution in [2.75, 3.05) is 6.54 Å². The number of carbonyl (C=O) groups is 1. The molecule has 7 nitrogen and oxygen atoms in total. The van der Waals surface area contributed by atoms with Crippen LogP contribution in [0.15, 0.2) is 11.4 Å². The monoisotopic (exact) mass is 267 g/mol. The number of nitrogens with zero attached hydrogens (tertiary/aromatic N) is 3. The average Bonchev–Trinajstić information content (AvgIpc) is 2.79. The molecule has 19 heavy (non-hydrogen) atoms. The first kappa shape index (κ1) is 15.0. The summed E-state index contributed by atoms with van der Waals surface area (Å²) in [5.74, 6) is 0.112. The van der Waals surface area contributed by atoms with Crippen molar-refractivity contribution in [2.24, 2.45) is 17.9 Å². The van der Waals surface area contributed by atoms with Crippen LogP contribution in [0.2, 0.25) is 0 Å². The quantitative estimate of drug-likeness (QED) is 0.221. The Morgan fingerprint density at radius 3 is 2.95 bits per heavy atom. The molecule has 0 saturated carbocycles. The van der Waals surface area contributed by atoms with Crippen LogP contribution in [-0.4, -0.2) is 33.3 Å². The summed E-state index contributed by atoms with van der Waals surface area (Å²) in [6.45, 7) is 2.53. The molecule has 1 rings (SSSR count). The maximum absolute atomic E-state index is 11.9. The summed E-state index contributed by atoms with van der Waals surface area (Å²) in [5.41, 5.74) is 6.78. The third-order valence-corrected chi connectivity index (χ3v) is 2.76. The van der Waals surface area contributed by atoms with E-state index >= 15 is 0 Å². The lowest BCUT2D eigenvalue weighted by Gasteiger charge is -2.04. The highest BCUT2D eigenvalue weighted by Gasteiger charge is 2.13. The van der Waals surface area contributed by atoms with E-state index in [2.05, 4.69) is 15.6 Å². The Balaban J connectivity index is 2.35. The molecule has 0 aliphatic carbocycles. The molecule has 0 bridgehead atoms. The Bertz CT molecular complexity index is 453. The highest BCUT2D eigenvalue weighted by molar-refractivity contribution is 5.95. The molecule has 1 heterocycles. The van der Waals surface area contributed by atoms with E-state index in [1.165, 1.54) is 0 Å². The van der Waals surface area contributed by atoms with Gasteiger partial charge in [-0.25, -0.2) is 0 Å². The number of amides is 1. The molecule has 0 radical (unpaired) electrons. The van der Waals surface area contributed by atoms with Crippen molar-refractivity contribution in [1.29, 1.82) is 0 Å². The van der Waals surface area contributed by atoms with Gasteiger partial charge in [0.1, 0.15) is 5.84 Å². The summed E-state index contributed by atoms with van der Waals surface area (Å²) in [6, 6.07) is 0. The highest BCUT2D eigenvalue weighted by atomic mass is 16.4. The first-order valence-electron chi connectivity index (χ1n) is 6.35. The van der Waals surface area contributed by atoms with E-state index in [1.807, 2.05) is 6.92 Å². The molecule has 106 valence electrons. The zero-order valence-corrected chi connectivity index (χ0v) is 11.4. The van der Waals surface area contributed by atoms with Crippen LogP contribution in [0.1, 0.15) is 42.2 Å². The summed E-state index contributed by atoms with van der Waals surface area (Å²) in [7, 11) is 1.80. The summed E-state index contributed by atoms with van der Waals surface area (Å²) >= 11 is 0. The second kappa shape index (κ2) is 7.40. The number of unbranched alkanes of at least 4 members (excludes halogenated alkanes) is 1. The van der Waals surface area contributed by atoms with Crippen molar-refractivity contribution >= 4 is 11.7 Å². The molecule has 0 aromatic carbocycles. The SMILES string of the molecule is CCc1nn(C)cc1C(=O)NCCCC/C(N)=N/O. The largest absolute Gasteiger partial charge is 0.409 e. The van der Waals surface area contributed by atoms with Crippen molar-refractivity contribution in [3.8, 4) is 0 Å². The van der Waals surface area contributed by atoms with Gasteiger partial charge in [-0.1, -0.05) is 12.1 Å². The minimum absolute atomic E-state index is 0.103. The summed E-state index contributed by atoms with van der Waals surface area (Å²) in [5, 5.41) is 18.3. The minimum atomic E-state index is -0.103. The molecule has 0 aliphatic rings. The first-order chi connectivity index (χ1) is 9.08. The molecule has 7 heteroatoms. The fourth-order valence-corrected chi connectivity index (χ4v) is 1.76. The van der Waals surface area contributed by atoms with E-state index in [-0.39, 0.29) is 11.7 Å². The zero-order chi connectivity index (χ0) is 14.3. The predicted molar refractivity (Wildman–Crippen MR) is 72.2 cm³/mol. The predicted octanol–water partition coefficient (Wildman–Crippen LogP) is 0.629. The van der Waals surface area contributed by atoms with Crippen LogP contribution in [0.3, 0.4) is 0 Å². The zero-order valence-electron chi connectivity index (χ0n) is 11.4. The number of rotatable bonds is 7. The van der Waals surface area contributed by atoms with Gasteiger partial charge in [0, 0.05) is 26.2 Å². The van der Waals surface area contributed by atoms with Crippen LogP contribution in [0.5, 0.6) is 0 Å². The maximum Gasteiger partial charge on any atom is 0.254 e. The van der Waals surface area contributed by atoms with Gasteiger partial charge < -0.3 is 16.3 Å². The molecule has 0 spiro atoms. The van der Waals surface area contributed by atoms with Crippen molar-refractivity contribution in [3.05, 3.63) is 17.5 Å². The number of carbonyl (C=O) groups excluding carboxylic acids is 1. The van der Waals surface area contributed by atoms with Gasteiger partial charge in [0.25, 0.3) is 5.91 Å². The molecule has 1 aromatic rings. The lowest BCUT2D eigenvalue weighted by atomic mass is 10.2. The Morgan fingerprint density at radius 1 is 1.58 bits per heavy atom. The second-order valence-corrected chi connectivity index (χ2v) is 4.32. The van der Waals surface area contributed by atoms with Crippen LogP contribution < -0.4 is 11.1 Å². The first-order valence-corrected chi connectivity index (χ1v) is 6.35. The Labute approximate surface area is 112 Å². The number of hydrogen-bond donors (Lipinski definition) is 3. The van der Waals surface area contributed by atoms with Crippen LogP contribution in [-0.2, 0) is 13.5 Å². The fraction of sp³-hybridized carbons (Fsp3) is 0.583. The van der Waals surface area contributed by atoms with Gasteiger partial charge in [-0.3, -0.25) is 9.48 Å². The molecule has 1 amide bonds. The van der Waals surface area contributed by atoms with Gasteiger partial charge in [-0.2, -0.15) is 5.10 Å². The topological polar surface area (TPSA) is 106 Å². The van der Waals surface area contributed by atoms with Crippen molar-refractivity contribution in [2.45, 2.75) is 32.6 Å². The van der Waals surface area contributed by atoms with Crippen LogP contribution in [0.25, 0.3) is 0 Å². The lowest BCUT2D eigenvalue weighted by Crippen LogP contribution is -2.25. The lowest BCUT2D eigenvalue weighted by molar-refractivity contribution is 0.0952. The fourth-order valence-electron chi connectivity index (χ4n) is 1.76. The van der Waals surface area contributed by atoms with Gasteiger partial charge in [-0.15, -0.1) is 0 Å². The van der Waals surface area contributed by atoms with E-state index in [9.17, 15) is 4.79 Å². The summed E-state index contributed by atoms with van der Waals surface area (Å²) in [4.78, 5) is 11.9. The standard InChI is InChI=1S/C12H21N5O2/c1-3-10-9(8-17(2)15-10)12(18)14-7-5-4-6-11(13)16-19/h8,19H,3-7H2,1-2H3,(H2,13,16)(H,14,18). The number of hydrogen-bond acceptors (Lipinski definition) is 4. The van der Waals surface area contributed by atoms with Crippen molar-refractivity contribution in [1.82, 2.24) is 15.1 Å². The van der Waals surface area contributed by atoms with E-state index in [4.69, 9.17) is 10.9 Å². The summed E-state index contributed by atoms with van der Waals surface area (Å²) < 4.78 is 1.64. The minimum Gasteiger partial charge on any atom is -0.409 e. The van der Waals surface area contributed by atoms with Gasteiger partial charge in [0.2, 0.25) is 0 Å². The third kappa shape index (κ3) is 4.61. The molecule has 1 aromatic heterocycles. The average molecular weight is 267 g/mol. The number of nitrogens with one attached hydrogen (secondary N) is 1. The highest BCUT2D eigenvalue weighted by Crippen LogP contribution is 2.07. The molecular formula is C12H21N5O2. The van der Waals surface area contributed by atoms with Gasteiger partial charge >= 0.3 is 0 Å². The number of amidine groups is 1. The Kier molecular flexibility index (Phi) is 5.84. The van der Waals surface area contributed by atoms with Crippen molar-refractivity contribution < 1.29 is 10.0 Å². The number of aromatic nitrogens is 2. The molecule has 0 atom stereocenters. The number of aryl methyl sites for hydroxylation is 2. The Morgan fingerprint density at radius 2 is 2.32 bits per heavy atom. The summed E-state index contributed by atoms with van der Waals surface area (Å²) in [6.07, 6.45) is 4.53. The van der Waals surface area contributed by atoms with Crippen molar-refractivity contribution in [3.63, 3.8) is 0 Å². The van der Waals surface area contributed by atoms with E-state index in [0.29, 0.717) is 18.5 Å². The molecule has 0 aliphatic heterocycles. The molecular weight excluding hydrogens is 246 g/mol. The van der Waals surface area contributed by atoms with Gasteiger partial charge in [0.15, 0.2) is 0 Å². The van der Waals surface area contributed by atoms with Crippen LogP contribution >= 0.6 is 0 Å². The van der Waals surface area contributed by atoms with Crippen LogP contribution in [0, 0.1) is 0 Å². The van der Waals surface area contributed by atoms with Gasteiger partial charge in [0.05, 0.1) is 11.3 Å². The normalized spacial score (nSPS) is 11.6. The van der Waals surface area contributed by atoms with E-state index < -0.39 is 0 Å². The molecule has 0 saturated heterocycles. The van der Waals surface area contributed by atoms with Gasteiger partial charge in [-0.05, 0) is 19.3 Å². The van der Waals surface area contributed by atoms with E-state index in [1.54, 1.807) is 17.9 Å². The number of oxime groups is 1. The van der Waals surface area contributed by atoms with Crippen LogP contribution in [0.4, 0.5) is 0 Å². The second-order valence-electron chi connectivity index (χ2n) is 4.32. The molecule has 0 fully saturated rings. The maximum atomic E-state index is 11.9. The third-order valence-electron chi connectivity index (χ3n) is 2.76. The number of nitrogens with two attached hydrogens (primary N) is 1. The smallest absolute Gasteiger partial charge is 0.254 e. The van der Waals surface area contributed by atoms with E-state index in [0.717, 1.165) is 25.0 Å². The molecule has 0 unspecified atom stereocenters.